The van der Waals surface area contributed by atoms with Crippen molar-refractivity contribution in [2.75, 3.05) is 10.8 Å². The van der Waals surface area contributed by atoms with Gasteiger partial charge in [-0.3, -0.25) is 9.10 Å². The van der Waals surface area contributed by atoms with Crippen molar-refractivity contribution >= 4 is 33.2 Å². The molecule has 1 N–H and O–H groups in total. The van der Waals surface area contributed by atoms with E-state index in [2.05, 4.69) is 10.3 Å². The van der Waals surface area contributed by atoms with Gasteiger partial charge >= 0.3 is 0 Å². The molecule has 0 bridgehead atoms. The number of halogens is 1. The van der Waals surface area contributed by atoms with Crippen LogP contribution in [-0.2, 0) is 21.4 Å². The van der Waals surface area contributed by atoms with Crippen molar-refractivity contribution in [2.45, 2.75) is 25.3 Å². The molecular weight excluding hydrogens is 484 g/mol. The number of carbonyl (C=O) groups excluding carboxylic acids is 1. The lowest BCUT2D eigenvalue weighted by atomic mass is 10.2. The Balaban J connectivity index is 1.53. The Morgan fingerprint density at radius 2 is 1.74 bits per heavy atom. The molecular formula is C26H25ClN4O3S. The predicted molar refractivity (Wildman–Crippen MR) is 137 cm³/mol. The Labute approximate surface area is 210 Å². The average Bonchev–Trinajstić information content (AvgIpc) is 3.37. The largest absolute Gasteiger partial charge is 0.350 e. The zero-order valence-corrected chi connectivity index (χ0v) is 20.9. The van der Waals surface area contributed by atoms with Crippen molar-refractivity contribution in [3.63, 3.8) is 0 Å². The summed E-state index contributed by atoms with van der Waals surface area (Å²) < 4.78 is 30.1. The van der Waals surface area contributed by atoms with Crippen molar-refractivity contribution in [3.8, 4) is 5.69 Å². The topological polar surface area (TPSA) is 84.3 Å². The molecule has 180 valence electrons. The fourth-order valence-electron chi connectivity index (χ4n) is 3.62. The van der Waals surface area contributed by atoms with Crippen LogP contribution in [0.4, 0.5) is 5.69 Å². The van der Waals surface area contributed by atoms with Gasteiger partial charge in [0.05, 0.1) is 16.9 Å². The van der Waals surface area contributed by atoms with Crippen LogP contribution in [0.15, 0.2) is 90.3 Å². The summed E-state index contributed by atoms with van der Waals surface area (Å²) in [6.45, 7) is 3.54. The Kier molecular flexibility index (Phi) is 7.23. The van der Waals surface area contributed by atoms with Crippen molar-refractivity contribution in [2.24, 2.45) is 0 Å². The Hall–Kier alpha value is -3.62. The first-order valence-corrected chi connectivity index (χ1v) is 12.8. The maximum Gasteiger partial charge on any atom is 0.264 e. The third-order valence-corrected chi connectivity index (χ3v) is 7.56. The van der Waals surface area contributed by atoms with Crippen LogP contribution in [0, 0.1) is 13.8 Å². The summed E-state index contributed by atoms with van der Waals surface area (Å²) in [5.41, 5.74) is 3.82. The number of carbonyl (C=O) groups is 1. The van der Waals surface area contributed by atoms with Crippen LogP contribution < -0.4 is 9.62 Å². The van der Waals surface area contributed by atoms with Crippen molar-refractivity contribution in [1.82, 2.24) is 14.9 Å². The lowest BCUT2D eigenvalue weighted by Gasteiger charge is -2.26. The highest BCUT2D eigenvalue weighted by Gasteiger charge is 2.28. The van der Waals surface area contributed by atoms with Crippen LogP contribution >= 0.6 is 11.6 Å². The van der Waals surface area contributed by atoms with Gasteiger partial charge in [0.1, 0.15) is 6.54 Å². The molecule has 1 amide bonds. The normalized spacial score (nSPS) is 11.3. The lowest BCUT2D eigenvalue weighted by molar-refractivity contribution is -0.119. The average molecular weight is 509 g/mol. The van der Waals surface area contributed by atoms with E-state index in [1.165, 1.54) is 0 Å². The molecule has 1 aromatic heterocycles. The molecule has 4 aromatic rings. The van der Waals surface area contributed by atoms with Crippen LogP contribution in [0.5, 0.6) is 0 Å². The molecule has 0 radical (unpaired) electrons. The van der Waals surface area contributed by atoms with Crippen LogP contribution in [0.25, 0.3) is 5.69 Å². The molecule has 3 aromatic carbocycles. The van der Waals surface area contributed by atoms with Gasteiger partial charge in [0.25, 0.3) is 10.0 Å². The Morgan fingerprint density at radius 3 is 2.37 bits per heavy atom. The van der Waals surface area contributed by atoms with Crippen molar-refractivity contribution in [3.05, 3.63) is 107 Å². The number of amides is 1. The highest BCUT2D eigenvalue weighted by molar-refractivity contribution is 7.92. The molecule has 0 saturated carbocycles. The predicted octanol–water partition coefficient (Wildman–Crippen LogP) is 4.65. The minimum absolute atomic E-state index is 0.111. The highest BCUT2D eigenvalue weighted by atomic mass is 35.5. The number of rotatable bonds is 8. The van der Waals surface area contributed by atoms with Crippen molar-refractivity contribution < 1.29 is 13.2 Å². The fraction of sp³-hybridized carbons (Fsp3) is 0.154. The number of anilines is 1. The first kappa shape index (κ1) is 24.5. The van der Waals surface area contributed by atoms with Crippen molar-refractivity contribution in [1.29, 1.82) is 0 Å². The Bertz CT molecular complexity index is 1420. The highest BCUT2D eigenvalue weighted by Crippen LogP contribution is 2.29. The first-order chi connectivity index (χ1) is 16.7. The summed E-state index contributed by atoms with van der Waals surface area (Å²) in [7, 11) is -3.99. The number of aryl methyl sites for hydroxylation is 2. The molecule has 9 heteroatoms. The number of nitrogens with zero attached hydrogens (tertiary/aromatic N) is 3. The third-order valence-electron chi connectivity index (χ3n) is 5.55. The van der Waals surface area contributed by atoms with E-state index in [4.69, 9.17) is 11.6 Å². The summed E-state index contributed by atoms with van der Waals surface area (Å²) in [5.74, 6) is -0.422. The molecule has 0 aliphatic rings. The van der Waals surface area contributed by atoms with E-state index in [1.807, 2.05) is 42.0 Å². The van der Waals surface area contributed by atoms with Crippen LogP contribution in [0.3, 0.4) is 0 Å². The second-order valence-corrected chi connectivity index (χ2v) is 10.5. The van der Waals surface area contributed by atoms with Gasteiger partial charge < -0.3 is 9.88 Å². The van der Waals surface area contributed by atoms with Gasteiger partial charge in [-0.2, -0.15) is 0 Å². The number of nitrogens with one attached hydrogen (secondary N) is 1. The minimum Gasteiger partial charge on any atom is -0.350 e. The quantitative estimate of drug-likeness (QED) is 0.375. The van der Waals surface area contributed by atoms with Gasteiger partial charge in [-0.1, -0.05) is 41.4 Å². The van der Waals surface area contributed by atoms with Gasteiger partial charge in [-0.25, -0.2) is 13.4 Å². The molecule has 0 spiro atoms. The number of aromatic nitrogens is 2. The zero-order valence-electron chi connectivity index (χ0n) is 19.3. The molecule has 0 fully saturated rings. The van der Waals surface area contributed by atoms with E-state index >= 15 is 0 Å². The van der Waals surface area contributed by atoms with E-state index < -0.39 is 15.9 Å². The number of hydrogen-bond acceptors (Lipinski definition) is 4. The molecule has 0 atom stereocenters. The van der Waals surface area contributed by atoms with Gasteiger partial charge in [-0.05, 0) is 67.4 Å². The van der Waals surface area contributed by atoms with Gasteiger partial charge in [0.15, 0.2) is 0 Å². The maximum absolute atomic E-state index is 13.5. The molecule has 35 heavy (non-hydrogen) atoms. The van der Waals surface area contributed by atoms with E-state index in [-0.39, 0.29) is 18.0 Å². The zero-order chi connectivity index (χ0) is 25.0. The second kappa shape index (κ2) is 10.3. The number of imidazole rings is 1. The van der Waals surface area contributed by atoms with Gasteiger partial charge in [-0.15, -0.1) is 0 Å². The molecule has 7 nitrogen and oxygen atoms in total. The molecule has 0 saturated heterocycles. The third kappa shape index (κ3) is 5.72. The summed E-state index contributed by atoms with van der Waals surface area (Å²) in [5, 5.41) is 3.32. The van der Waals surface area contributed by atoms with Gasteiger partial charge in [0, 0.05) is 29.6 Å². The Morgan fingerprint density at radius 1 is 1.03 bits per heavy atom. The molecule has 1 heterocycles. The monoisotopic (exact) mass is 508 g/mol. The van der Waals surface area contributed by atoms with E-state index in [0.717, 1.165) is 21.1 Å². The number of sulfonamides is 1. The van der Waals surface area contributed by atoms with E-state index in [0.29, 0.717) is 16.3 Å². The van der Waals surface area contributed by atoms with E-state index in [1.54, 1.807) is 61.9 Å². The molecule has 0 unspecified atom stereocenters. The minimum atomic E-state index is -3.99. The van der Waals surface area contributed by atoms with Crippen LogP contribution in [-0.4, -0.2) is 30.4 Å². The lowest BCUT2D eigenvalue weighted by Crippen LogP contribution is -2.41. The maximum atomic E-state index is 13.5. The summed E-state index contributed by atoms with van der Waals surface area (Å²) in [4.78, 5) is 17.1. The van der Waals surface area contributed by atoms with Gasteiger partial charge in [0.2, 0.25) is 5.91 Å². The summed E-state index contributed by atoms with van der Waals surface area (Å²) >= 11 is 6.09. The molecule has 0 aliphatic carbocycles. The van der Waals surface area contributed by atoms with Crippen LogP contribution in [0.1, 0.15) is 16.7 Å². The first-order valence-electron chi connectivity index (χ1n) is 10.9. The summed E-state index contributed by atoms with van der Waals surface area (Å²) in [6.07, 6.45) is 5.25. The fourth-order valence-corrected chi connectivity index (χ4v) is 5.33. The molecule has 0 aliphatic heterocycles. The standard InChI is InChI=1S/C26H25ClN4O3S/c1-19-3-10-24(11-4-19)35(33,34)31(25-12-7-22(27)15-20(25)2)17-26(32)29-16-21-5-8-23(9-6-21)30-14-13-28-18-30/h3-15,18H,16-17H2,1-2H3,(H,29,32). The second-order valence-electron chi connectivity index (χ2n) is 8.17. The van der Waals surface area contributed by atoms with Crippen LogP contribution in [0.2, 0.25) is 5.02 Å². The molecule has 4 rings (SSSR count). The number of hydrogen-bond donors (Lipinski definition) is 1. The smallest absolute Gasteiger partial charge is 0.264 e. The number of benzene rings is 3. The van der Waals surface area contributed by atoms with E-state index in [9.17, 15) is 13.2 Å². The summed E-state index contributed by atoms with van der Waals surface area (Å²) in [6, 6.07) is 19.1. The SMILES string of the molecule is Cc1ccc(S(=O)(=O)N(CC(=O)NCc2ccc(-n3ccnc3)cc2)c2ccc(Cl)cc2C)cc1.